The minimum Gasteiger partial charge on any atom is -0.486 e. The lowest BCUT2D eigenvalue weighted by atomic mass is 10.0. The van der Waals surface area contributed by atoms with Gasteiger partial charge in [-0.3, -0.25) is 0 Å². The molecule has 0 fully saturated rings. The van der Waals surface area contributed by atoms with Crippen molar-refractivity contribution in [3.8, 4) is 11.5 Å². The number of furan rings is 1. The first-order valence-corrected chi connectivity index (χ1v) is 7.65. The number of rotatable bonds is 2. The molecule has 0 saturated heterocycles. The number of hydrogen-bond acceptors (Lipinski definition) is 3. The second-order valence-electron chi connectivity index (χ2n) is 4.31. The average Bonchev–Trinajstić information content (AvgIpc) is 2.83. The molecule has 1 atom stereocenters. The van der Waals surface area contributed by atoms with Crippen LogP contribution < -0.4 is 9.47 Å². The third kappa shape index (κ3) is 2.41. The molecular formula is C14H12Br2O3. The highest BCUT2D eigenvalue weighted by molar-refractivity contribution is 9.11. The first-order chi connectivity index (χ1) is 9.16. The summed E-state index contributed by atoms with van der Waals surface area (Å²) in [6, 6.07) is 5.93. The van der Waals surface area contributed by atoms with Gasteiger partial charge in [0.2, 0.25) is 0 Å². The number of fused-ring (bicyclic) bond motifs is 1. The van der Waals surface area contributed by atoms with Crippen molar-refractivity contribution in [2.45, 2.75) is 11.8 Å². The van der Waals surface area contributed by atoms with Crippen LogP contribution in [0.5, 0.6) is 11.5 Å². The van der Waals surface area contributed by atoms with Gasteiger partial charge >= 0.3 is 0 Å². The molecule has 0 aliphatic carbocycles. The molecular weight excluding hydrogens is 376 g/mol. The zero-order valence-electron chi connectivity index (χ0n) is 10.3. The van der Waals surface area contributed by atoms with Crippen LogP contribution >= 0.6 is 31.9 Å². The van der Waals surface area contributed by atoms with Crippen LogP contribution in [-0.4, -0.2) is 13.2 Å². The van der Waals surface area contributed by atoms with Gasteiger partial charge in [0.1, 0.15) is 19.0 Å². The molecule has 19 heavy (non-hydrogen) atoms. The van der Waals surface area contributed by atoms with Gasteiger partial charge in [0, 0.05) is 10.0 Å². The number of benzene rings is 1. The molecule has 5 heteroatoms. The normalized spacial score (nSPS) is 15.3. The van der Waals surface area contributed by atoms with Crippen molar-refractivity contribution in [1.82, 2.24) is 0 Å². The lowest BCUT2D eigenvalue weighted by molar-refractivity contribution is 0.171. The molecule has 3 nitrogen and oxygen atoms in total. The standard InChI is InChI=1S/C14H12Br2O3/c1-8-9(2-3-17-8)14(16)10-6-12-13(7-11(10)15)19-5-4-18-12/h2-3,6-7,14H,4-5H2,1H3. The van der Waals surface area contributed by atoms with Crippen LogP contribution in [0, 0.1) is 6.92 Å². The van der Waals surface area contributed by atoms with E-state index in [-0.39, 0.29) is 4.83 Å². The Morgan fingerprint density at radius 2 is 1.79 bits per heavy atom. The predicted octanol–water partition coefficient (Wildman–Crippen LogP) is 4.61. The van der Waals surface area contributed by atoms with Crippen LogP contribution in [0.1, 0.15) is 21.7 Å². The largest absolute Gasteiger partial charge is 0.486 e. The molecule has 1 aromatic carbocycles. The summed E-state index contributed by atoms with van der Waals surface area (Å²) in [5, 5.41) is 0. The van der Waals surface area contributed by atoms with Crippen LogP contribution in [0.2, 0.25) is 0 Å². The van der Waals surface area contributed by atoms with Gasteiger partial charge in [0.15, 0.2) is 11.5 Å². The van der Waals surface area contributed by atoms with E-state index in [1.54, 1.807) is 6.26 Å². The quantitative estimate of drug-likeness (QED) is 0.705. The lowest BCUT2D eigenvalue weighted by Gasteiger charge is -2.21. The smallest absolute Gasteiger partial charge is 0.162 e. The molecule has 0 radical (unpaired) electrons. The van der Waals surface area contributed by atoms with Crippen LogP contribution in [0.4, 0.5) is 0 Å². The summed E-state index contributed by atoms with van der Waals surface area (Å²) in [5.74, 6) is 2.48. The monoisotopic (exact) mass is 386 g/mol. The van der Waals surface area contributed by atoms with Crippen molar-refractivity contribution in [2.75, 3.05) is 13.2 Å². The molecule has 3 rings (SSSR count). The molecule has 1 unspecified atom stereocenters. The van der Waals surface area contributed by atoms with E-state index in [4.69, 9.17) is 13.9 Å². The Bertz CT molecular complexity index is 607. The van der Waals surface area contributed by atoms with Crippen molar-refractivity contribution < 1.29 is 13.9 Å². The summed E-state index contributed by atoms with van der Waals surface area (Å²) in [6.45, 7) is 3.14. The first kappa shape index (κ1) is 13.1. The summed E-state index contributed by atoms with van der Waals surface area (Å²) in [4.78, 5) is 0.0523. The Morgan fingerprint density at radius 3 is 2.42 bits per heavy atom. The van der Waals surface area contributed by atoms with Crippen LogP contribution in [-0.2, 0) is 0 Å². The summed E-state index contributed by atoms with van der Waals surface area (Å²) >= 11 is 7.31. The van der Waals surface area contributed by atoms with Gasteiger partial charge in [-0.25, -0.2) is 0 Å². The first-order valence-electron chi connectivity index (χ1n) is 5.94. The SMILES string of the molecule is Cc1occc1C(Br)c1cc2c(cc1Br)OCCO2. The Balaban J connectivity index is 2.03. The molecule has 2 aromatic rings. The lowest BCUT2D eigenvalue weighted by Crippen LogP contribution is -2.15. The van der Waals surface area contributed by atoms with Gasteiger partial charge in [-0.2, -0.15) is 0 Å². The topological polar surface area (TPSA) is 31.6 Å². The van der Waals surface area contributed by atoms with Crippen molar-refractivity contribution in [2.24, 2.45) is 0 Å². The van der Waals surface area contributed by atoms with Crippen molar-refractivity contribution in [3.05, 3.63) is 45.8 Å². The van der Waals surface area contributed by atoms with E-state index in [2.05, 4.69) is 31.9 Å². The Morgan fingerprint density at radius 1 is 1.11 bits per heavy atom. The number of halogens is 2. The molecule has 100 valence electrons. The molecule has 0 amide bonds. The fourth-order valence-electron chi connectivity index (χ4n) is 2.10. The van der Waals surface area contributed by atoms with E-state index >= 15 is 0 Å². The summed E-state index contributed by atoms with van der Waals surface area (Å²) in [5.41, 5.74) is 2.20. The number of hydrogen-bond donors (Lipinski definition) is 0. The summed E-state index contributed by atoms with van der Waals surface area (Å²) in [6.07, 6.45) is 1.70. The highest BCUT2D eigenvalue weighted by Gasteiger charge is 2.21. The maximum Gasteiger partial charge on any atom is 0.162 e. The predicted molar refractivity (Wildman–Crippen MR) is 79.3 cm³/mol. The average molecular weight is 388 g/mol. The maximum absolute atomic E-state index is 5.63. The van der Waals surface area contributed by atoms with Gasteiger partial charge in [-0.15, -0.1) is 0 Å². The second kappa shape index (κ2) is 5.21. The third-order valence-corrected chi connectivity index (χ3v) is 4.78. The molecule has 1 aliphatic heterocycles. The molecule has 0 N–H and O–H groups in total. The Kier molecular flexibility index (Phi) is 3.58. The number of alkyl halides is 1. The molecule has 0 spiro atoms. The number of ether oxygens (including phenoxy) is 2. The molecule has 1 aliphatic rings. The minimum absolute atomic E-state index is 0.0523. The van der Waals surface area contributed by atoms with Gasteiger partial charge in [-0.1, -0.05) is 31.9 Å². The van der Waals surface area contributed by atoms with Crippen molar-refractivity contribution >= 4 is 31.9 Å². The molecule has 2 heterocycles. The van der Waals surface area contributed by atoms with E-state index in [9.17, 15) is 0 Å². The minimum atomic E-state index is 0.0523. The van der Waals surface area contributed by atoms with Gasteiger partial charge < -0.3 is 13.9 Å². The highest BCUT2D eigenvalue weighted by atomic mass is 79.9. The summed E-state index contributed by atoms with van der Waals surface area (Å²) in [7, 11) is 0. The van der Waals surface area contributed by atoms with E-state index in [0.29, 0.717) is 13.2 Å². The zero-order chi connectivity index (χ0) is 13.4. The second-order valence-corrected chi connectivity index (χ2v) is 6.08. The van der Waals surface area contributed by atoms with Crippen molar-refractivity contribution in [1.29, 1.82) is 0 Å². The van der Waals surface area contributed by atoms with Gasteiger partial charge in [-0.05, 0) is 30.7 Å². The molecule has 0 saturated carbocycles. The molecule has 1 aromatic heterocycles. The fourth-order valence-corrected chi connectivity index (χ4v) is 3.81. The van der Waals surface area contributed by atoms with Crippen LogP contribution in [0.3, 0.4) is 0 Å². The fraction of sp³-hybridized carbons (Fsp3) is 0.286. The highest BCUT2D eigenvalue weighted by Crippen LogP contribution is 2.43. The van der Waals surface area contributed by atoms with E-state index in [0.717, 1.165) is 32.9 Å². The van der Waals surface area contributed by atoms with Crippen LogP contribution in [0.15, 0.2) is 33.4 Å². The Labute approximate surface area is 128 Å². The van der Waals surface area contributed by atoms with Crippen LogP contribution in [0.25, 0.3) is 0 Å². The Hall–Kier alpha value is -0.940. The van der Waals surface area contributed by atoms with Gasteiger partial charge in [0.25, 0.3) is 0 Å². The van der Waals surface area contributed by atoms with Gasteiger partial charge in [0.05, 0.1) is 11.1 Å². The maximum atomic E-state index is 5.63. The number of aryl methyl sites for hydroxylation is 1. The molecule has 0 bridgehead atoms. The zero-order valence-corrected chi connectivity index (χ0v) is 13.5. The van der Waals surface area contributed by atoms with E-state index < -0.39 is 0 Å². The third-order valence-electron chi connectivity index (χ3n) is 3.11. The van der Waals surface area contributed by atoms with E-state index in [1.165, 1.54) is 0 Å². The van der Waals surface area contributed by atoms with E-state index in [1.807, 2.05) is 25.1 Å². The van der Waals surface area contributed by atoms with Crippen molar-refractivity contribution in [3.63, 3.8) is 0 Å². The summed E-state index contributed by atoms with van der Waals surface area (Å²) < 4.78 is 17.5.